The molecule has 0 fully saturated rings. The minimum absolute atomic E-state index is 0.104. The first kappa shape index (κ1) is 16.7. The average Bonchev–Trinajstić information content (AvgIpc) is 2.47. The van der Waals surface area contributed by atoms with Crippen LogP contribution in [0.3, 0.4) is 0 Å². The van der Waals surface area contributed by atoms with Gasteiger partial charge < -0.3 is 4.74 Å². The molecule has 0 saturated heterocycles. The van der Waals surface area contributed by atoms with E-state index in [0.29, 0.717) is 0 Å². The van der Waals surface area contributed by atoms with Crippen LogP contribution >= 0.6 is 11.8 Å². The highest BCUT2D eigenvalue weighted by molar-refractivity contribution is 8.13. The number of hydrogen-bond donors (Lipinski definition) is 0. The zero-order valence-electron chi connectivity index (χ0n) is 11.8. The van der Waals surface area contributed by atoms with Crippen LogP contribution in [0.4, 0.5) is 0 Å². The summed E-state index contributed by atoms with van der Waals surface area (Å²) in [5.41, 5.74) is 1.27. The number of esters is 1. The normalized spacial score (nSPS) is 10.2. The summed E-state index contributed by atoms with van der Waals surface area (Å²) in [7, 11) is 1.29. The van der Waals surface area contributed by atoms with E-state index in [0.717, 1.165) is 37.9 Å². The van der Waals surface area contributed by atoms with E-state index in [1.165, 1.54) is 24.4 Å². The van der Waals surface area contributed by atoms with Crippen molar-refractivity contribution in [3.63, 3.8) is 0 Å². The monoisotopic (exact) mass is 295 g/mol. The molecule has 1 aromatic rings. The Hall–Kier alpha value is -1.36. The molecule has 0 aromatic carbocycles. The fourth-order valence-electron chi connectivity index (χ4n) is 1.76. The summed E-state index contributed by atoms with van der Waals surface area (Å²) in [5.74, 6) is 0.321. The molecule has 0 atom stereocenters. The van der Waals surface area contributed by atoms with E-state index in [1.807, 2.05) is 12.3 Å². The smallest absolute Gasteiger partial charge is 0.313 e. The molecular weight excluding hydrogens is 274 g/mol. The SMILES string of the molecule is COC(=O)CC(=O)SCCCCCCc1cccnc1. The van der Waals surface area contributed by atoms with Crippen LogP contribution in [0.5, 0.6) is 0 Å². The van der Waals surface area contributed by atoms with Crippen molar-refractivity contribution in [2.75, 3.05) is 12.9 Å². The highest BCUT2D eigenvalue weighted by Crippen LogP contribution is 2.12. The largest absolute Gasteiger partial charge is 0.469 e. The number of unbranched alkanes of at least 4 members (excludes halogenated alkanes) is 3. The maximum absolute atomic E-state index is 11.3. The Morgan fingerprint density at radius 3 is 2.75 bits per heavy atom. The van der Waals surface area contributed by atoms with Gasteiger partial charge in [-0.05, 0) is 30.9 Å². The molecule has 20 heavy (non-hydrogen) atoms. The number of aromatic nitrogens is 1. The lowest BCUT2D eigenvalue weighted by molar-refractivity contribution is -0.141. The summed E-state index contributed by atoms with van der Waals surface area (Å²) in [5, 5.41) is -0.104. The summed E-state index contributed by atoms with van der Waals surface area (Å²) in [4.78, 5) is 26.3. The van der Waals surface area contributed by atoms with E-state index in [2.05, 4.69) is 15.8 Å². The van der Waals surface area contributed by atoms with Gasteiger partial charge in [0.1, 0.15) is 6.42 Å². The van der Waals surface area contributed by atoms with Gasteiger partial charge in [-0.1, -0.05) is 30.7 Å². The Kier molecular flexibility index (Phi) is 8.71. The standard InChI is InChI=1S/C15H21NO3S/c1-19-14(17)11-15(18)20-10-5-3-2-4-7-13-8-6-9-16-12-13/h6,8-9,12H,2-5,7,10-11H2,1H3. The van der Waals surface area contributed by atoms with Crippen molar-refractivity contribution in [1.29, 1.82) is 0 Å². The van der Waals surface area contributed by atoms with Gasteiger partial charge in [0.2, 0.25) is 0 Å². The number of hydrogen-bond acceptors (Lipinski definition) is 5. The molecule has 1 heterocycles. The molecule has 0 N–H and O–H groups in total. The summed E-state index contributed by atoms with van der Waals surface area (Å²) in [6.07, 6.45) is 9.04. The highest BCUT2D eigenvalue weighted by atomic mass is 32.2. The van der Waals surface area contributed by atoms with Crippen LogP contribution in [0.1, 0.15) is 37.7 Å². The van der Waals surface area contributed by atoms with Crippen molar-refractivity contribution < 1.29 is 14.3 Å². The van der Waals surface area contributed by atoms with Gasteiger partial charge in [-0.2, -0.15) is 0 Å². The number of aryl methyl sites for hydroxylation is 1. The van der Waals surface area contributed by atoms with Gasteiger partial charge in [0, 0.05) is 18.1 Å². The van der Waals surface area contributed by atoms with Crippen molar-refractivity contribution in [1.82, 2.24) is 4.98 Å². The predicted octanol–water partition coefficient (Wildman–Crippen LogP) is 3.01. The highest BCUT2D eigenvalue weighted by Gasteiger charge is 2.09. The first-order valence-corrected chi connectivity index (χ1v) is 7.82. The molecule has 0 amide bonds. The Morgan fingerprint density at radius 1 is 1.25 bits per heavy atom. The average molecular weight is 295 g/mol. The van der Waals surface area contributed by atoms with Crippen molar-refractivity contribution in [3.05, 3.63) is 30.1 Å². The topological polar surface area (TPSA) is 56.3 Å². The summed E-state index contributed by atoms with van der Waals surface area (Å²) >= 11 is 1.22. The molecule has 4 nitrogen and oxygen atoms in total. The fraction of sp³-hybridized carbons (Fsp3) is 0.533. The van der Waals surface area contributed by atoms with Gasteiger partial charge in [-0.3, -0.25) is 14.6 Å². The summed E-state index contributed by atoms with van der Waals surface area (Å²) < 4.78 is 4.44. The Balaban J connectivity index is 1.95. The van der Waals surface area contributed by atoms with E-state index in [4.69, 9.17) is 0 Å². The Morgan fingerprint density at radius 2 is 2.05 bits per heavy atom. The number of nitrogens with zero attached hydrogens (tertiary/aromatic N) is 1. The molecule has 0 aliphatic carbocycles. The van der Waals surface area contributed by atoms with Gasteiger partial charge in [0.05, 0.1) is 7.11 Å². The van der Waals surface area contributed by atoms with Gasteiger partial charge in [0.25, 0.3) is 0 Å². The molecule has 0 radical (unpaired) electrons. The number of rotatable bonds is 9. The molecule has 0 unspecified atom stereocenters. The Bertz CT molecular complexity index is 409. The summed E-state index contributed by atoms with van der Waals surface area (Å²) in [6, 6.07) is 4.05. The van der Waals surface area contributed by atoms with Crippen molar-refractivity contribution in [3.8, 4) is 0 Å². The van der Waals surface area contributed by atoms with E-state index < -0.39 is 5.97 Å². The molecule has 1 aromatic heterocycles. The second kappa shape index (κ2) is 10.4. The number of ether oxygens (including phenoxy) is 1. The molecule has 0 bridgehead atoms. The van der Waals surface area contributed by atoms with Gasteiger partial charge in [-0.15, -0.1) is 0 Å². The predicted molar refractivity (Wildman–Crippen MR) is 80.5 cm³/mol. The minimum Gasteiger partial charge on any atom is -0.469 e. The molecule has 0 spiro atoms. The first-order valence-electron chi connectivity index (χ1n) is 6.83. The lowest BCUT2D eigenvalue weighted by Crippen LogP contribution is -2.06. The maximum atomic E-state index is 11.3. The van der Waals surface area contributed by atoms with Gasteiger partial charge in [0.15, 0.2) is 5.12 Å². The lowest BCUT2D eigenvalue weighted by Gasteiger charge is -2.02. The van der Waals surface area contributed by atoms with Crippen LogP contribution in [0, 0.1) is 0 Å². The third-order valence-corrected chi connectivity index (χ3v) is 3.82. The molecule has 5 heteroatoms. The zero-order valence-corrected chi connectivity index (χ0v) is 12.7. The van der Waals surface area contributed by atoms with Crippen LogP contribution in [0.2, 0.25) is 0 Å². The van der Waals surface area contributed by atoms with Crippen LogP contribution in [-0.2, 0) is 20.7 Å². The molecule has 0 aliphatic heterocycles. The second-order valence-corrected chi connectivity index (χ2v) is 5.65. The third kappa shape index (κ3) is 7.94. The Labute approximate surface area is 124 Å². The number of carbonyl (C=O) groups excluding carboxylic acids is 2. The van der Waals surface area contributed by atoms with Crippen molar-refractivity contribution in [2.24, 2.45) is 0 Å². The van der Waals surface area contributed by atoms with Gasteiger partial charge in [-0.25, -0.2) is 0 Å². The van der Waals surface area contributed by atoms with E-state index in [-0.39, 0.29) is 11.5 Å². The minimum atomic E-state index is -0.459. The van der Waals surface area contributed by atoms with E-state index >= 15 is 0 Å². The van der Waals surface area contributed by atoms with Gasteiger partial charge >= 0.3 is 5.97 Å². The number of pyridine rings is 1. The van der Waals surface area contributed by atoms with Crippen LogP contribution in [0.15, 0.2) is 24.5 Å². The molecule has 0 saturated carbocycles. The zero-order chi connectivity index (χ0) is 14.6. The van der Waals surface area contributed by atoms with Crippen LogP contribution in [0.25, 0.3) is 0 Å². The second-order valence-electron chi connectivity index (χ2n) is 4.50. The maximum Gasteiger partial charge on any atom is 0.313 e. The van der Waals surface area contributed by atoms with Crippen LogP contribution < -0.4 is 0 Å². The summed E-state index contributed by atoms with van der Waals surface area (Å²) in [6.45, 7) is 0. The number of thioether (sulfide) groups is 1. The van der Waals surface area contributed by atoms with E-state index in [1.54, 1.807) is 6.20 Å². The fourth-order valence-corrected chi connectivity index (χ4v) is 2.55. The lowest BCUT2D eigenvalue weighted by atomic mass is 10.1. The number of methoxy groups -OCH3 is 1. The third-order valence-electron chi connectivity index (χ3n) is 2.86. The number of carbonyl (C=O) groups is 2. The molecular formula is C15H21NO3S. The molecule has 110 valence electrons. The van der Waals surface area contributed by atoms with E-state index in [9.17, 15) is 9.59 Å². The molecule has 1 rings (SSSR count). The quantitative estimate of drug-likeness (QED) is 0.398. The van der Waals surface area contributed by atoms with Crippen molar-refractivity contribution in [2.45, 2.75) is 38.5 Å². The molecule has 0 aliphatic rings. The van der Waals surface area contributed by atoms with Crippen LogP contribution in [-0.4, -0.2) is 28.9 Å². The first-order chi connectivity index (χ1) is 9.72. The van der Waals surface area contributed by atoms with Crippen molar-refractivity contribution >= 4 is 22.8 Å².